The molecule has 0 amide bonds. The van der Waals surface area contributed by atoms with Gasteiger partial charge < -0.3 is 0 Å². The topological polar surface area (TPSA) is 3.24 Å². The number of terminal acetylenes is 1. The molecule has 0 fully saturated rings. The van der Waals surface area contributed by atoms with Crippen molar-refractivity contribution in [2.75, 3.05) is 13.5 Å². The maximum absolute atomic E-state index is 7.66. The highest BCUT2D eigenvalue weighted by Gasteiger charge is 2.07. The third-order valence-corrected chi connectivity index (χ3v) is 1.98. The molecule has 74 valence electrons. The zero-order chi connectivity index (χ0) is 14.7. The first-order valence-electron chi connectivity index (χ1n) is 6.93. The molecule has 0 heterocycles. The fraction of sp³-hybridized carbons (Fsp3) is 0.385. The van der Waals surface area contributed by atoms with Gasteiger partial charge in [-0.2, -0.15) is 0 Å². The van der Waals surface area contributed by atoms with Crippen LogP contribution in [-0.2, 0) is 6.42 Å². The average molecular weight is 192 g/mol. The summed E-state index contributed by atoms with van der Waals surface area (Å²) < 4.78 is 38.1. The number of hydrogen-bond donors (Lipinski definition) is 0. The molecule has 1 heteroatoms. The van der Waals surface area contributed by atoms with Crippen molar-refractivity contribution in [3.8, 4) is 12.3 Å². The molecule has 1 atom stereocenters. The van der Waals surface area contributed by atoms with Crippen molar-refractivity contribution >= 4 is 0 Å². The van der Waals surface area contributed by atoms with Crippen LogP contribution in [0, 0.1) is 12.3 Å². The second kappa shape index (κ2) is 5.47. The molecule has 0 radical (unpaired) electrons. The predicted molar refractivity (Wildman–Crippen MR) is 61.1 cm³/mol. The highest BCUT2D eigenvalue weighted by molar-refractivity contribution is 5.15. The molecule has 1 nitrogen and oxygen atoms in total. The maximum atomic E-state index is 7.66. The quantitative estimate of drug-likeness (QED) is 0.661. The van der Waals surface area contributed by atoms with Gasteiger partial charge in [-0.15, -0.1) is 6.42 Å². The molecule has 0 N–H and O–H groups in total. The lowest BCUT2D eigenvalue weighted by Gasteiger charge is -2.22. The Balaban J connectivity index is 3.01. The number of rotatable bonds is 4. The Morgan fingerprint density at radius 3 is 2.86 bits per heavy atom. The zero-order valence-corrected chi connectivity index (χ0v) is 8.20. The number of likely N-dealkylation sites (N-methyl/N-ethyl adjacent to an activating group) is 1. The van der Waals surface area contributed by atoms with E-state index in [0.29, 0.717) is 0 Å². The van der Waals surface area contributed by atoms with Crippen LogP contribution in [-0.4, -0.2) is 24.5 Å². The van der Waals surface area contributed by atoms with E-state index in [1.807, 2.05) is 36.3 Å². The molecule has 0 aromatic heterocycles. The monoisotopic (exact) mass is 192 g/mol. The van der Waals surface area contributed by atoms with E-state index < -0.39 is 19.4 Å². The van der Waals surface area contributed by atoms with Crippen molar-refractivity contribution in [3.63, 3.8) is 0 Å². The van der Waals surface area contributed by atoms with Crippen LogP contribution in [0.25, 0.3) is 0 Å². The molecule has 1 rings (SSSR count). The van der Waals surface area contributed by atoms with Gasteiger partial charge in [0, 0.05) is 10.2 Å². The summed E-state index contributed by atoms with van der Waals surface area (Å²) in [5.74, 6) is 1.99. The Morgan fingerprint density at radius 2 is 2.29 bits per heavy atom. The number of benzene rings is 1. The third kappa shape index (κ3) is 3.24. The summed E-state index contributed by atoms with van der Waals surface area (Å²) in [6.07, 6.45) is 5.35. The van der Waals surface area contributed by atoms with Crippen LogP contribution in [0.4, 0.5) is 0 Å². The van der Waals surface area contributed by atoms with E-state index >= 15 is 0 Å². The van der Waals surface area contributed by atoms with Crippen LogP contribution >= 0.6 is 0 Å². The fourth-order valence-electron chi connectivity index (χ4n) is 1.15. The van der Waals surface area contributed by atoms with Crippen LogP contribution in [0.2, 0.25) is 0 Å². The molecular formula is C13H17N. The molecular weight excluding hydrogens is 170 g/mol. The lowest BCUT2D eigenvalue weighted by molar-refractivity contribution is 0.287. The van der Waals surface area contributed by atoms with E-state index in [9.17, 15) is 0 Å². The van der Waals surface area contributed by atoms with Gasteiger partial charge in [-0.1, -0.05) is 36.3 Å². The van der Waals surface area contributed by atoms with E-state index in [2.05, 4.69) is 0 Å². The first kappa shape index (κ1) is 5.58. The Bertz CT molecular complexity index is 446. The fourth-order valence-corrected chi connectivity index (χ4v) is 1.15. The summed E-state index contributed by atoms with van der Waals surface area (Å²) in [5, 5.41) is 0. The van der Waals surface area contributed by atoms with Crippen LogP contribution in [0.1, 0.15) is 19.3 Å². The number of hydrogen-bond acceptors (Lipinski definition) is 1. The lowest BCUT2D eigenvalue weighted by Crippen LogP contribution is -2.31. The van der Waals surface area contributed by atoms with Crippen LogP contribution in [0.5, 0.6) is 0 Å². The average Bonchev–Trinajstić information content (AvgIpc) is 2.35. The Labute approximate surface area is 93.8 Å². The van der Waals surface area contributed by atoms with Gasteiger partial charge in [0.2, 0.25) is 0 Å². The standard InChI is InChI=1S/C13H17N/c1-4-10-14(3)12(2)11-13-8-6-5-7-9-13/h1,5-9,12H,10-11H2,2-3H3/t12-/m1/s1/i2D3,10D2. The minimum absolute atomic E-state index is 0.217. The summed E-state index contributed by atoms with van der Waals surface area (Å²) in [7, 11) is 1.40. The van der Waals surface area contributed by atoms with Gasteiger partial charge >= 0.3 is 0 Å². The highest BCUT2D eigenvalue weighted by Crippen LogP contribution is 2.06. The highest BCUT2D eigenvalue weighted by atomic mass is 15.1. The summed E-state index contributed by atoms with van der Waals surface area (Å²) in [6.45, 7) is -4.40. The molecule has 0 saturated heterocycles. The smallest absolute Gasteiger partial charge is 0.0598 e. The lowest BCUT2D eigenvalue weighted by atomic mass is 10.1. The molecule has 0 aliphatic heterocycles. The zero-order valence-electron chi connectivity index (χ0n) is 13.2. The first-order valence-corrected chi connectivity index (χ1v) is 4.43. The summed E-state index contributed by atoms with van der Waals surface area (Å²) in [4.78, 5) is 1.10. The normalized spacial score (nSPS) is 19.6. The Hall–Kier alpha value is -1.26. The second-order valence-electron chi connectivity index (χ2n) is 3.07. The molecule has 0 unspecified atom stereocenters. The minimum atomic E-state index is -2.31. The van der Waals surface area contributed by atoms with Crippen molar-refractivity contribution in [2.45, 2.75) is 19.3 Å². The van der Waals surface area contributed by atoms with Gasteiger partial charge in [0.25, 0.3) is 0 Å². The van der Waals surface area contributed by atoms with Crippen molar-refractivity contribution < 1.29 is 6.85 Å². The largest absolute Gasteiger partial charge is 0.292 e. The van der Waals surface area contributed by atoms with Crippen LogP contribution < -0.4 is 0 Å². The van der Waals surface area contributed by atoms with Crippen molar-refractivity contribution in [3.05, 3.63) is 35.9 Å². The summed E-state index contributed by atoms with van der Waals surface area (Å²) in [5.41, 5.74) is 0.836. The van der Waals surface area contributed by atoms with Gasteiger partial charge in [-0.3, -0.25) is 4.90 Å². The Morgan fingerprint density at radius 1 is 1.57 bits per heavy atom. The van der Waals surface area contributed by atoms with Gasteiger partial charge in [-0.25, -0.2) is 0 Å². The SMILES string of the molecule is [2H]C([2H])([2H])[C@H](Cc1ccccc1)N(C)C([2H])([2H])C#C. The number of nitrogens with zero attached hydrogens (tertiary/aromatic N) is 1. The molecule has 0 aliphatic carbocycles. The van der Waals surface area contributed by atoms with Crippen molar-refractivity contribution in [2.24, 2.45) is 0 Å². The third-order valence-electron chi connectivity index (χ3n) is 1.98. The van der Waals surface area contributed by atoms with E-state index in [1.54, 1.807) is 0 Å². The van der Waals surface area contributed by atoms with E-state index in [1.165, 1.54) is 7.05 Å². The van der Waals surface area contributed by atoms with Crippen molar-refractivity contribution in [1.29, 1.82) is 0 Å². The first-order chi connectivity index (χ1) is 8.68. The van der Waals surface area contributed by atoms with Gasteiger partial charge in [0.05, 0.1) is 9.24 Å². The van der Waals surface area contributed by atoms with Gasteiger partial charge in [-0.05, 0) is 25.9 Å². The molecule has 0 spiro atoms. The van der Waals surface area contributed by atoms with Gasteiger partial charge in [0.15, 0.2) is 0 Å². The molecule has 0 saturated carbocycles. The minimum Gasteiger partial charge on any atom is -0.292 e. The maximum Gasteiger partial charge on any atom is 0.0598 e. The molecule has 1 aromatic rings. The predicted octanol–water partition coefficient (Wildman–Crippen LogP) is 2.18. The summed E-state index contributed by atoms with van der Waals surface area (Å²) >= 11 is 0. The van der Waals surface area contributed by atoms with Crippen molar-refractivity contribution in [1.82, 2.24) is 4.90 Å². The van der Waals surface area contributed by atoms with E-state index in [4.69, 9.17) is 13.3 Å². The van der Waals surface area contributed by atoms with Gasteiger partial charge in [0.1, 0.15) is 0 Å². The van der Waals surface area contributed by atoms with E-state index in [-0.39, 0.29) is 6.42 Å². The van der Waals surface area contributed by atoms with Crippen LogP contribution in [0.3, 0.4) is 0 Å². The molecule has 0 aliphatic rings. The van der Waals surface area contributed by atoms with Crippen LogP contribution in [0.15, 0.2) is 30.3 Å². The molecule has 1 aromatic carbocycles. The summed E-state index contributed by atoms with van der Waals surface area (Å²) in [6, 6.07) is 8.15. The Kier molecular flexibility index (Phi) is 2.18. The molecule has 14 heavy (non-hydrogen) atoms. The second-order valence-corrected chi connectivity index (χ2v) is 3.07. The van der Waals surface area contributed by atoms with E-state index in [0.717, 1.165) is 10.5 Å². The molecule has 0 bridgehead atoms.